The highest BCUT2D eigenvalue weighted by Gasteiger charge is 2.50. The SMILES string of the molecule is CC(C)C1NC(=O)C(C(C)C)N(CC(F)(F)C(F)F)C1=O. The number of halogens is 4. The normalized spacial score (nSPS) is 24.2. The first-order valence-corrected chi connectivity index (χ1v) is 6.76. The van der Waals surface area contributed by atoms with E-state index in [2.05, 4.69) is 5.32 Å². The molecule has 122 valence electrons. The quantitative estimate of drug-likeness (QED) is 0.788. The molecule has 0 spiro atoms. The van der Waals surface area contributed by atoms with Gasteiger partial charge in [0.2, 0.25) is 11.8 Å². The van der Waals surface area contributed by atoms with Crippen LogP contribution in [-0.2, 0) is 9.59 Å². The predicted octanol–water partition coefficient (Wildman–Crippen LogP) is 1.89. The molecule has 2 amide bonds. The molecule has 1 aliphatic heterocycles. The van der Waals surface area contributed by atoms with Crippen LogP contribution in [-0.4, -0.2) is 47.7 Å². The third-order valence-corrected chi connectivity index (χ3v) is 3.45. The van der Waals surface area contributed by atoms with Crippen molar-refractivity contribution in [2.75, 3.05) is 6.54 Å². The van der Waals surface area contributed by atoms with E-state index >= 15 is 0 Å². The number of carbonyl (C=O) groups excluding carboxylic acids is 2. The zero-order valence-corrected chi connectivity index (χ0v) is 12.4. The Morgan fingerprint density at radius 1 is 1.14 bits per heavy atom. The average molecular weight is 312 g/mol. The third kappa shape index (κ3) is 3.65. The number of hydrogen-bond acceptors (Lipinski definition) is 2. The van der Waals surface area contributed by atoms with Gasteiger partial charge >= 0.3 is 12.3 Å². The average Bonchev–Trinajstić information content (AvgIpc) is 2.31. The van der Waals surface area contributed by atoms with Gasteiger partial charge in [-0.15, -0.1) is 0 Å². The molecule has 1 rings (SSSR count). The summed E-state index contributed by atoms with van der Waals surface area (Å²) in [6, 6.07) is -2.14. The summed E-state index contributed by atoms with van der Waals surface area (Å²) in [6.45, 7) is 4.97. The third-order valence-electron chi connectivity index (χ3n) is 3.45. The van der Waals surface area contributed by atoms with Crippen LogP contribution < -0.4 is 5.32 Å². The maximum absolute atomic E-state index is 13.3. The largest absolute Gasteiger partial charge is 0.342 e. The molecule has 0 saturated carbocycles. The standard InChI is InChI=1S/C13H20F4N2O2/c1-6(2)8-11(21)19(5-13(16,17)12(14)15)9(7(3)4)10(20)18-8/h6-9,12H,5H2,1-4H3,(H,18,20). The summed E-state index contributed by atoms with van der Waals surface area (Å²) in [5.74, 6) is -6.47. The maximum Gasteiger partial charge on any atom is 0.324 e. The van der Waals surface area contributed by atoms with Crippen LogP contribution >= 0.6 is 0 Å². The van der Waals surface area contributed by atoms with E-state index < -0.39 is 48.7 Å². The van der Waals surface area contributed by atoms with Crippen molar-refractivity contribution in [3.8, 4) is 0 Å². The fraction of sp³-hybridized carbons (Fsp3) is 0.846. The fourth-order valence-electron chi connectivity index (χ4n) is 2.34. The number of nitrogens with zero attached hydrogens (tertiary/aromatic N) is 1. The van der Waals surface area contributed by atoms with Gasteiger partial charge in [0, 0.05) is 0 Å². The summed E-state index contributed by atoms with van der Waals surface area (Å²) in [5.41, 5.74) is 0. The summed E-state index contributed by atoms with van der Waals surface area (Å²) in [7, 11) is 0. The minimum Gasteiger partial charge on any atom is -0.342 e. The lowest BCUT2D eigenvalue weighted by Gasteiger charge is -2.43. The smallest absolute Gasteiger partial charge is 0.324 e. The number of piperazine rings is 1. The van der Waals surface area contributed by atoms with Gasteiger partial charge < -0.3 is 10.2 Å². The highest BCUT2D eigenvalue weighted by atomic mass is 19.3. The molecule has 1 fully saturated rings. The second-order valence-electron chi connectivity index (χ2n) is 5.95. The van der Waals surface area contributed by atoms with Gasteiger partial charge in [-0.2, -0.15) is 8.78 Å². The highest BCUT2D eigenvalue weighted by Crippen LogP contribution is 2.29. The molecule has 8 heteroatoms. The Morgan fingerprint density at radius 2 is 1.67 bits per heavy atom. The summed E-state index contributed by atoms with van der Waals surface area (Å²) in [4.78, 5) is 24.9. The van der Waals surface area contributed by atoms with Crippen molar-refractivity contribution in [1.29, 1.82) is 0 Å². The number of hydrogen-bond donors (Lipinski definition) is 1. The van der Waals surface area contributed by atoms with Gasteiger partial charge in [-0.1, -0.05) is 27.7 Å². The van der Waals surface area contributed by atoms with Crippen LogP contribution in [0.3, 0.4) is 0 Å². The number of amides is 2. The van der Waals surface area contributed by atoms with Crippen molar-refractivity contribution in [2.24, 2.45) is 11.8 Å². The number of alkyl halides is 4. The van der Waals surface area contributed by atoms with Crippen LogP contribution in [0.15, 0.2) is 0 Å². The summed E-state index contributed by atoms with van der Waals surface area (Å²) >= 11 is 0. The molecule has 2 atom stereocenters. The first-order valence-electron chi connectivity index (χ1n) is 6.76. The van der Waals surface area contributed by atoms with Crippen molar-refractivity contribution in [3.05, 3.63) is 0 Å². The molecule has 0 aromatic carbocycles. The van der Waals surface area contributed by atoms with Gasteiger partial charge in [0.25, 0.3) is 0 Å². The number of nitrogens with one attached hydrogen (secondary N) is 1. The van der Waals surface area contributed by atoms with Crippen LogP contribution in [0.4, 0.5) is 17.6 Å². The molecular weight excluding hydrogens is 292 g/mol. The Hall–Kier alpha value is -1.34. The summed E-state index contributed by atoms with van der Waals surface area (Å²) in [6.07, 6.45) is -3.89. The molecule has 0 aromatic heterocycles. The Bertz CT molecular complexity index is 413. The van der Waals surface area contributed by atoms with Gasteiger partial charge in [-0.3, -0.25) is 9.59 Å². The predicted molar refractivity (Wildman–Crippen MR) is 68.1 cm³/mol. The number of carbonyl (C=O) groups is 2. The molecule has 0 aliphatic carbocycles. The van der Waals surface area contributed by atoms with E-state index in [0.717, 1.165) is 0 Å². The van der Waals surface area contributed by atoms with Crippen molar-refractivity contribution >= 4 is 11.8 Å². The molecule has 1 saturated heterocycles. The Kier molecular flexibility index (Phi) is 5.22. The summed E-state index contributed by atoms with van der Waals surface area (Å²) < 4.78 is 51.4. The van der Waals surface area contributed by atoms with E-state index in [9.17, 15) is 27.2 Å². The Balaban J connectivity index is 3.12. The van der Waals surface area contributed by atoms with Crippen LogP contribution in [0.5, 0.6) is 0 Å². The zero-order chi connectivity index (χ0) is 16.5. The van der Waals surface area contributed by atoms with Gasteiger partial charge in [-0.05, 0) is 11.8 Å². The zero-order valence-electron chi connectivity index (χ0n) is 12.4. The Morgan fingerprint density at radius 3 is 2.05 bits per heavy atom. The Labute approximate surface area is 120 Å². The van der Waals surface area contributed by atoms with E-state index in [-0.39, 0.29) is 5.92 Å². The minimum atomic E-state index is -4.35. The lowest BCUT2D eigenvalue weighted by atomic mass is 9.92. The highest BCUT2D eigenvalue weighted by molar-refractivity contribution is 5.97. The molecule has 21 heavy (non-hydrogen) atoms. The van der Waals surface area contributed by atoms with Gasteiger partial charge in [-0.25, -0.2) is 8.78 Å². The van der Waals surface area contributed by atoms with Crippen molar-refractivity contribution in [1.82, 2.24) is 10.2 Å². The van der Waals surface area contributed by atoms with E-state index in [1.165, 1.54) is 0 Å². The monoisotopic (exact) mass is 312 g/mol. The fourth-order valence-corrected chi connectivity index (χ4v) is 2.34. The number of rotatable bonds is 5. The molecule has 4 nitrogen and oxygen atoms in total. The molecule has 0 bridgehead atoms. The van der Waals surface area contributed by atoms with Crippen LogP contribution in [0.1, 0.15) is 27.7 Å². The van der Waals surface area contributed by atoms with E-state index in [1.807, 2.05) is 0 Å². The van der Waals surface area contributed by atoms with Crippen LogP contribution in [0.25, 0.3) is 0 Å². The maximum atomic E-state index is 13.3. The molecule has 0 radical (unpaired) electrons. The molecule has 1 heterocycles. The first kappa shape index (κ1) is 17.7. The van der Waals surface area contributed by atoms with Crippen LogP contribution in [0, 0.1) is 11.8 Å². The second kappa shape index (κ2) is 6.19. The van der Waals surface area contributed by atoms with Gasteiger partial charge in [0.05, 0.1) is 6.54 Å². The topological polar surface area (TPSA) is 49.4 Å². The molecule has 0 aromatic rings. The second-order valence-corrected chi connectivity index (χ2v) is 5.95. The molecule has 2 unspecified atom stereocenters. The van der Waals surface area contributed by atoms with Gasteiger partial charge in [0.15, 0.2) is 0 Å². The van der Waals surface area contributed by atoms with E-state index in [4.69, 9.17) is 0 Å². The van der Waals surface area contributed by atoms with Crippen molar-refractivity contribution < 1.29 is 27.2 Å². The van der Waals surface area contributed by atoms with Gasteiger partial charge in [0.1, 0.15) is 12.1 Å². The van der Waals surface area contributed by atoms with Crippen molar-refractivity contribution in [2.45, 2.75) is 52.1 Å². The molecule has 1 N–H and O–H groups in total. The lowest BCUT2D eigenvalue weighted by Crippen LogP contribution is -2.67. The van der Waals surface area contributed by atoms with Crippen LogP contribution in [0.2, 0.25) is 0 Å². The molecular formula is C13H20F4N2O2. The van der Waals surface area contributed by atoms with E-state index in [0.29, 0.717) is 4.90 Å². The first-order chi connectivity index (χ1) is 9.49. The minimum absolute atomic E-state index is 0.322. The summed E-state index contributed by atoms with van der Waals surface area (Å²) in [5, 5.41) is 2.48. The van der Waals surface area contributed by atoms with E-state index in [1.54, 1.807) is 27.7 Å². The molecule has 1 aliphatic rings. The lowest BCUT2D eigenvalue weighted by molar-refractivity contribution is -0.173. The van der Waals surface area contributed by atoms with Crippen molar-refractivity contribution in [3.63, 3.8) is 0 Å².